The van der Waals surface area contributed by atoms with E-state index in [-0.39, 0.29) is 17.2 Å². The van der Waals surface area contributed by atoms with Crippen molar-refractivity contribution in [2.75, 3.05) is 16.8 Å². The van der Waals surface area contributed by atoms with Crippen LogP contribution in [0.5, 0.6) is 0 Å². The molecule has 0 fully saturated rings. The van der Waals surface area contributed by atoms with Crippen molar-refractivity contribution >= 4 is 51.6 Å². The van der Waals surface area contributed by atoms with Gasteiger partial charge in [-0.15, -0.1) is 11.3 Å². The van der Waals surface area contributed by atoms with Crippen LogP contribution in [-0.2, 0) is 9.59 Å². The molecule has 3 aromatic rings. The zero-order valence-corrected chi connectivity index (χ0v) is 18.6. The summed E-state index contributed by atoms with van der Waals surface area (Å²) in [5.74, 6) is -1.81. The molecule has 2 aromatic carbocycles. The first-order chi connectivity index (χ1) is 16.1. The Kier molecular flexibility index (Phi) is 7.79. The summed E-state index contributed by atoms with van der Waals surface area (Å²) in [4.78, 5) is 42.4. The first-order valence-corrected chi connectivity index (χ1v) is 10.8. The molecular formula is C23H19F3N4O3S. The van der Waals surface area contributed by atoms with Crippen LogP contribution < -0.4 is 15.5 Å². The van der Waals surface area contributed by atoms with Gasteiger partial charge in [-0.25, -0.2) is 4.98 Å². The molecular weight excluding hydrogens is 469 g/mol. The predicted molar refractivity (Wildman–Crippen MR) is 124 cm³/mol. The van der Waals surface area contributed by atoms with Crippen LogP contribution in [0.15, 0.2) is 66.1 Å². The molecule has 0 atom stereocenters. The molecule has 1 aromatic heterocycles. The second kappa shape index (κ2) is 10.8. The summed E-state index contributed by atoms with van der Waals surface area (Å²) in [6.45, 7) is -0.0693. The molecule has 0 bridgehead atoms. The highest BCUT2D eigenvalue weighted by molar-refractivity contribution is 7.14. The molecule has 0 aliphatic rings. The minimum Gasteiger partial charge on any atom is -0.343 e. The lowest BCUT2D eigenvalue weighted by atomic mass is 10.1. The molecule has 0 spiro atoms. The normalized spacial score (nSPS) is 11.3. The van der Waals surface area contributed by atoms with E-state index >= 15 is 0 Å². The number of para-hydroxylation sites is 2. The van der Waals surface area contributed by atoms with Gasteiger partial charge in [0, 0.05) is 18.4 Å². The number of anilines is 3. The van der Waals surface area contributed by atoms with Crippen LogP contribution in [0, 0.1) is 0 Å². The third-order valence-electron chi connectivity index (χ3n) is 4.31. The summed E-state index contributed by atoms with van der Waals surface area (Å²) in [5.41, 5.74) is 1.03. The number of thiazole rings is 1. The maximum atomic E-state index is 12.4. The maximum absolute atomic E-state index is 12.4. The van der Waals surface area contributed by atoms with Crippen LogP contribution in [-0.4, -0.2) is 35.4 Å². The monoisotopic (exact) mass is 488 g/mol. The van der Waals surface area contributed by atoms with Crippen LogP contribution in [0.1, 0.15) is 23.0 Å². The summed E-state index contributed by atoms with van der Waals surface area (Å²) in [7, 11) is 0. The van der Waals surface area contributed by atoms with Gasteiger partial charge in [0.15, 0.2) is 5.13 Å². The SMILES string of the molecule is CC(=O)N(c1ccccc1)c1nc(/C=C/C(=O)Nc2ccccc2C(=O)NCC(F)(F)F)cs1. The molecule has 0 unspecified atom stereocenters. The van der Waals surface area contributed by atoms with E-state index in [9.17, 15) is 27.6 Å². The Hall–Kier alpha value is -3.99. The number of hydrogen-bond acceptors (Lipinski definition) is 5. The summed E-state index contributed by atoms with van der Waals surface area (Å²) in [5, 5.41) is 6.33. The fraction of sp³-hybridized carbons (Fsp3) is 0.130. The summed E-state index contributed by atoms with van der Waals surface area (Å²) in [6.07, 6.45) is -1.96. The van der Waals surface area contributed by atoms with Crippen LogP contribution in [0.3, 0.4) is 0 Å². The number of aromatic nitrogens is 1. The number of carbonyl (C=O) groups is 3. The lowest BCUT2D eigenvalue weighted by Crippen LogP contribution is -2.34. The van der Waals surface area contributed by atoms with Crippen molar-refractivity contribution in [1.82, 2.24) is 10.3 Å². The lowest BCUT2D eigenvalue weighted by Gasteiger charge is -2.17. The number of halogens is 3. The number of nitrogens with one attached hydrogen (secondary N) is 2. The van der Waals surface area contributed by atoms with Gasteiger partial charge in [0.25, 0.3) is 5.91 Å². The average molecular weight is 488 g/mol. The van der Waals surface area contributed by atoms with E-state index in [1.165, 1.54) is 59.6 Å². The molecule has 3 amide bonds. The van der Waals surface area contributed by atoms with Crippen LogP contribution in [0.4, 0.5) is 29.7 Å². The van der Waals surface area contributed by atoms with Gasteiger partial charge in [0.2, 0.25) is 11.8 Å². The zero-order chi connectivity index (χ0) is 24.7. The number of nitrogens with zero attached hydrogens (tertiary/aromatic N) is 2. The number of carbonyl (C=O) groups excluding carboxylic acids is 3. The van der Waals surface area contributed by atoms with Gasteiger partial charge in [0.05, 0.1) is 22.6 Å². The van der Waals surface area contributed by atoms with E-state index in [4.69, 9.17) is 0 Å². The third kappa shape index (κ3) is 6.75. The van der Waals surface area contributed by atoms with E-state index in [1.807, 2.05) is 6.07 Å². The van der Waals surface area contributed by atoms with E-state index in [0.717, 1.165) is 0 Å². The number of benzene rings is 2. The summed E-state index contributed by atoms with van der Waals surface area (Å²) >= 11 is 1.22. The molecule has 3 rings (SSSR count). The van der Waals surface area contributed by atoms with Crippen LogP contribution in [0.25, 0.3) is 6.08 Å². The van der Waals surface area contributed by atoms with Crippen molar-refractivity contribution in [3.63, 3.8) is 0 Å². The number of hydrogen-bond donors (Lipinski definition) is 2. The Bertz CT molecular complexity index is 1210. The van der Waals surface area contributed by atoms with E-state index in [0.29, 0.717) is 16.5 Å². The quantitative estimate of drug-likeness (QED) is 0.469. The molecule has 11 heteroatoms. The molecule has 1 heterocycles. The van der Waals surface area contributed by atoms with E-state index < -0.39 is 24.5 Å². The van der Waals surface area contributed by atoms with Crippen LogP contribution >= 0.6 is 11.3 Å². The van der Waals surface area contributed by atoms with Gasteiger partial charge < -0.3 is 10.6 Å². The Morgan fingerprint density at radius 1 is 1.06 bits per heavy atom. The van der Waals surface area contributed by atoms with Gasteiger partial charge in [0.1, 0.15) is 6.54 Å². The largest absolute Gasteiger partial charge is 0.405 e. The van der Waals surface area contributed by atoms with Gasteiger partial charge in [-0.3, -0.25) is 19.3 Å². The van der Waals surface area contributed by atoms with Crippen molar-refractivity contribution in [2.24, 2.45) is 0 Å². The smallest absolute Gasteiger partial charge is 0.343 e. The Morgan fingerprint density at radius 2 is 1.74 bits per heavy atom. The van der Waals surface area contributed by atoms with Crippen LogP contribution in [0.2, 0.25) is 0 Å². The zero-order valence-electron chi connectivity index (χ0n) is 17.8. The van der Waals surface area contributed by atoms with Crippen molar-refractivity contribution in [3.05, 3.63) is 77.3 Å². The molecule has 176 valence electrons. The number of rotatable bonds is 7. The molecule has 34 heavy (non-hydrogen) atoms. The highest BCUT2D eigenvalue weighted by Gasteiger charge is 2.28. The lowest BCUT2D eigenvalue weighted by molar-refractivity contribution is -0.123. The van der Waals surface area contributed by atoms with Crippen molar-refractivity contribution in [3.8, 4) is 0 Å². The van der Waals surface area contributed by atoms with Gasteiger partial charge >= 0.3 is 6.18 Å². The predicted octanol–water partition coefficient (Wildman–Crippen LogP) is 4.77. The van der Waals surface area contributed by atoms with Crippen molar-refractivity contribution in [1.29, 1.82) is 0 Å². The topological polar surface area (TPSA) is 91.4 Å². The molecule has 0 aliphatic carbocycles. The van der Waals surface area contributed by atoms with Gasteiger partial charge in [-0.1, -0.05) is 30.3 Å². The highest BCUT2D eigenvalue weighted by atomic mass is 32.1. The second-order valence-electron chi connectivity index (χ2n) is 6.91. The third-order valence-corrected chi connectivity index (χ3v) is 5.16. The maximum Gasteiger partial charge on any atom is 0.405 e. The minimum absolute atomic E-state index is 0.0580. The molecule has 0 saturated carbocycles. The Balaban J connectivity index is 1.69. The Morgan fingerprint density at radius 3 is 2.41 bits per heavy atom. The molecule has 0 aliphatic heterocycles. The number of alkyl halides is 3. The van der Waals surface area contributed by atoms with Gasteiger partial charge in [-0.05, 0) is 30.3 Å². The van der Waals surface area contributed by atoms with Crippen molar-refractivity contribution in [2.45, 2.75) is 13.1 Å². The minimum atomic E-state index is -4.55. The van der Waals surface area contributed by atoms with Gasteiger partial charge in [-0.2, -0.15) is 13.2 Å². The fourth-order valence-electron chi connectivity index (χ4n) is 2.86. The molecule has 2 N–H and O–H groups in total. The highest BCUT2D eigenvalue weighted by Crippen LogP contribution is 2.29. The summed E-state index contributed by atoms with van der Waals surface area (Å²) < 4.78 is 37.1. The second-order valence-corrected chi connectivity index (χ2v) is 7.75. The molecule has 7 nitrogen and oxygen atoms in total. The van der Waals surface area contributed by atoms with E-state index in [1.54, 1.807) is 35.0 Å². The molecule has 0 saturated heterocycles. The van der Waals surface area contributed by atoms with E-state index in [2.05, 4.69) is 10.3 Å². The Labute approximate surface area is 196 Å². The first-order valence-electron chi connectivity index (χ1n) is 9.88. The first kappa shape index (κ1) is 24.6. The van der Waals surface area contributed by atoms with Crippen molar-refractivity contribution < 1.29 is 27.6 Å². The number of amides is 3. The average Bonchev–Trinajstić information content (AvgIpc) is 3.25. The fourth-order valence-corrected chi connectivity index (χ4v) is 3.72. The summed E-state index contributed by atoms with van der Waals surface area (Å²) in [6, 6.07) is 14.7. The molecule has 0 radical (unpaired) electrons. The standard InChI is InChI=1S/C23H19F3N4O3S/c1-15(31)30(17-7-3-2-4-8-17)22-28-16(13-34-22)11-12-20(32)29-19-10-6-5-9-18(19)21(33)27-14-23(24,25)26/h2-13H,14H2,1H3,(H,27,33)(H,29,32)/b12-11+.